The van der Waals surface area contributed by atoms with Crippen molar-refractivity contribution in [3.05, 3.63) is 59.2 Å². The first-order chi connectivity index (χ1) is 12.1. The number of hydrogen-bond acceptors (Lipinski definition) is 4. The van der Waals surface area contributed by atoms with E-state index in [0.29, 0.717) is 19.0 Å². The van der Waals surface area contributed by atoms with Gasteiger partial charge >= 0.3 is 0 Å². The maximum absolute atomic E-state index is 12.2. The molecule has 0 radical (unpaired) electrons. The van der Waals surface area contributed by atoms with Gasteiger partial charge in [0.2, 0.25) is 5.91 Å². The molecular formula is C20H23NO3S. The first-order valence-electron chi connectivity index (χ1n) is 8.44. The predicted octanol–water partition coefficient (Wildman–Crippen LogP) is 3.88. The fraction of sp³-hybridized carbons (Fsp3) is 0.350. The number of hydrogen-bond donors (Lipinski definition) is 1. The summed E-state index contributed by atoms with van der Waals surface area (Å²) in [6, 6.07) is 14.1. The van der Waals surface area contributed by atoms with Gasteiger partial charge in [-0.05, 0) is 37.1 Å². The van der Waals surface area contributed by atoms with Crippen molar-refractivity contribution in [3.8, 4) is 11.5 Å². The molecule has 1 atom stereocenters. The minimum absolute atomic E-state index is 0.0417. The zero-order valence-corrected chi connectivity index (χ0v) is 15.4. The average Bonchev–Trinajstić information content (AvgIpc) is 2.61. The second-order valence-electron chi connectivity index (χ2n) is 6.17. The van der Waals surface area contributed by atoms with Crippen molar-refractivity contribution in [2.24, 2.45) is 0 Å². The van der Waals surface area contributed by atoms with Crippen molar-refractivity contribution >= 4 is 17.7 Å². The summed E-state index contributed by atoms with van der Waals surface area (Å²) in [5.41, 5.74) is 3.51. The first kappa shape index (κ1) is 17.7. The predicted molar refractivity (Wildman–Crippen MR) is 101 cm³/mol. The largest absolute Gasteiger partial charge is 0.486 e. The minimum atomic E-state index is -0.0668. The number of aryl methyl sites for hydroxylation is 1. The lowest BCUT2D eigenvalue weighted by molar-refractivity contribution is -0.119. The molecule has 0 fully saturated rings. The van der Waals surface area contributed by atoms with Crippen LogP contribution in [0, 0.1) is 6.92 Å². The number of carbonyl (C=O) groups is 1. The molecule has 5 heteroatoms. The molecule has 0 spiro atoms. The van der Waals surface area contributed by atoms with E-state index in [1.165, 1.54) is 11.1 Å². The average molecular weight is 357 g/mol. The van der Waals surface area contributed by atoms with Crippen LogP contribution >= 0.6 is 11.8 Å². The summed E-state index contributed by atoms with van der Waals surface area (Å²) in [5, 5.41) is 3.04. The van der Waals surface area contributed by atoms with Crippen molar-refractivity contribution in [2.75, 3.05) is 19.0 Å². The van der Waals surface area contributed by atoms with Crippen LogP contribution in [0.15, 0.2) is 42.5 Å². The molecule has 2 aromatic carbocycles. The normalized spacial score (nSPS) is 14.0. The summed E-state index contributed by atoms with van der Waals surface area (Å²) < 4.78 is 11.1. The third kappa shape index (κ3) is 4.92. The molecule has 4 nitrogen and oxygen atoms in total. The van der Waals surface area contributed by atoms with E-state index in [-0.39, 0.29) is 11.9 Å². The molecule has 1 N–H and O–H groups in total. The Labute approximate surface area is 152 Å². The van der Waals surface area contributed by atoms with Crippen molar-refractivity contribution in [1.29, 1.82) is 0 Å². The minimum Gasteiger partial charge on any atom is -0.486 e. The molecule has 1 aliphatic heterocycles. The van der Waals surface area contributed by atoms with Gasteiger partial charge in [0.1, 0.15) is 13.2 Å². The number of carbonyl (C=O) groups excluding carboxylic acids is 1. The van der Waals surface area contributed by atoms with Gasteiger partial charge in [-0.1, -0.05) is 35.9 Å². The monoisotopic (exact) mass is 357 g/mol. The summed E-state index contributed by atoms with van der Waals surface area (Å²) in [6.45, 7) is 5.20. The van der Waals surface area contributed by atoms with Crippen LogP contribution in [-0.4, -0.2) is 24.9 Å². The van der Waals surface area contributed by atoms with Crippen molar-refractivity contribution in [2.45, 2.75) is 25.6 Å². The molecule has 0 saturated heterocycles. The van der Waals surface area contributed by atoms with E-state index in [4.69, 9.17) is 9.47 Å². The van der Waals surface area contributed by atoms with E-state index in [9.17, 15) is 4.79 Å². The lowest BCUT2D eigenvalue weighted by Gasteiger charge is -2.21. The van der Waals surface area contributed by atoms with E-state index >= 15 is 0 Å². The zero-order valence-electron chi connectivity index (χ0n) is 14.6. The number of benzene rings is 2. The van der Waals surface area contributed by atoms with Crippen LogP contribution in [0.1, 0.15) is 29.7 Å². The fourth-order valence-corrected chi connectivity index (χ4v) is 3.55. The molecule has 132 valence electrons. The Morgan fingerprint density at radius 1 is 1.16 bits per heavy atom. The second-order valence-corrected chi connectivity index (χ2v) is 7.16. The second kappa shape index (κ2) is 8.30. The quantitative estimate of drug-likeness (QED) is 0.852. The number of fused-ring (bicyclic) bond motifs is 1. The third-order valence-electron chi connectivity index (χ3n) is 4.03. The topological polar surface area (TPSA) is 47.6 Å². The molecule has 0 aliphatic carbocycles. The number of thioether (sulfide) groups is 1. The van der Waals surface area contributed by atoms with Gasteiger partial charge in [-0.25, -0.2) is 0 Å². The Morgan fingerprint density at radius 3 is 2.76 bits per heavy atom. The van der Waals surface area contributed by atoms with E-state index in [1.807, 2.05) is 25.1 Å². The summed E-state index contributed by atoms with van der Waals surface area (Å²) in [4.78, 5) is 12.2. The Morgan fingerprint density at radius 2 is 1.96 bits per heavy atom. The van der Waals surface area contributed by atoms with Gasteiger partial charge in [0.05, 0.1) is 11.8 Å². The van der Waals surface area contributed by atoms with Crippen LogP contribution < -0.4 is 14.8 Å². The van der Waals surface area contributed by atoms with Crippen molar-refractivity contribution < 1.29 is 14.3 Å². The van der Waals surface area contributed by atoms with E-state index in [2.05, 4.69) is 36.5 Å². The van der Waals surface area contributed by atoms with Crippen LogP contribution in [0.25, 0.3) is 0 Å². The van der Waals surface area contributed by atoms with Crippen LogP contribution in [0.2, 0.25) is 0 Å². The zero-order chi connectivity index (χ0) is 17.6. The van der Waals surface area contributed by atoms with Gasteiger partial charge in [-0.3, -0.25) is 4.79 Å². The Balaban J connectivity index is 1.49. The van der Waals surface area contributed by atoms with Crippen molar-refractivity contribution in [3.63, 3.8) is 0 Å². The maximum atomic E-state index is 12.2. The highest BCUT2D eigenvalue weighted by Crippen LogP contribution is 2.32. The van der Waals surface area contributed by atoms with Crippen LogP contribution in [0.3, 0.4) is 0 Å². The van der Waals surface area contributed by atoms with Gasteiger partial charge in [-0.15, -0.1) is 11.8 Å². The number of amides is 1. The third-order valence-corrected chi connectivity index (χ3v) is 5.03. The molecule has 25 heavy (non-hydrogen) atoms. The lowest BCUT2D eigenvalue weighted by atomic mass is 10.1. The van der Waals surface area contributed by atoms with Gasteiger partial charge in [-0.2, -0.15) is 0 Å². The van der Waals surface area contributed by atoms with Crippen molar-refractivity contribution in [1.82, 2.24) is 5.32 Å². The van der Waals surface area contributed by atoms with Gasteiger partial charge < -0.3 is 14.8 Å². The van der Waals surface area contributed by atoms with E-state index in [0.717, 1.165) is 22.8 Å². The number of nitrogens with one attached hydrogen (secondary N) is 1. The SMILES string of the molecule is Cc1cccc(CSCC(=O)N[C@@H](C)c2ccc3c(c2)OCCO3)c1. The lowest BCUT2D eigenvalue weighted by Crippen LogP contribution is -2.28. The summed E-state index contributed by atoms with van der Waals surface area (Å²) in [5.74, 6) is 2.84. The van der Waals surface area contributed by atoms with E-state index in [1.54, 1.807) is 11.8 Å². The highest BCUT2D eigenvalue weighted by Gasteiger charge is 2.15. The molecule has 0 saturated carbocycles. The summed E-state index contributed by atoms with van der Waals surface area (Å²) >= 11 is 1.63. The van der Waals surface area contributed by atoms with E-state index < -0.39 is 0 Å². The van der Waals surface area contributed by atoms with Crippen LogP contribution in [0.5, 0.6) is 11.5 Å². The molecule has 1 amide bonds. The first-order valence-corrected chi connectivity index (χ1v) is 9.59. The molecular weight excluding hydrogens is 334 g/mol. The highest BCUT2D eigenvalue weighted by atomic mass is 32.2. The highest BCUT2D eigenvalue weighted by molar-refractivity contribution is 7.99. The molecule has 2 aromatic rings. The number of ether oxygens (including phenoxy) is 2. The number of rotatable bonds is 6. The Hall–Kier alpha value is -2.14. The molecule has 1 heterocycles. The fourth-order valence-electron chi connectivity index (χ4n) is 2.76. The van der Waals surface area contributed by atoms with Gasteiger partial charge in [0.25, 0.3) is 0 Å². The Bertz CT molecular complexity index is 747. The van der Waals surface area contributed by atoms with Crippen LogP contribution in [-0.2, 0) is 10.5 Å². The Kier molecular flexibility index (Phi) is 5.87. The van der Waals surface area contributed by atoms with Gasteiger partial charge in [0, 0.05) is 5.75 Å². The molecule has 0 aromatic heterocycles. The summed E-state index contributed by atoms with van der Waals surface area (Å²) in [6.07, 6.45) is 0. The van der Waals surface area contributed by atoms with Crippen LogP contribution in [0.4, 0.5) is 0 Å². The molecule has 0 unspecified atom stereocenters. The molecule has 0 bridgehead atoms. The molecule has 1 aliphatic rings. The summed E-state index contributed by atoms with van der Waals surface area (Å²) in [7, 11) is 0. The smallest absolute Gasteiger partial charge is 0.230 e. The van der Waals surface area contributed by atoms with Gasteiger partial charge in [0.15, 0.2) is 11.5 Å². The molecule has 3 rings (SSSR count). The standard InChI is InChI=1S/C20H23NO3S/c1-14-4-3-5-16(10-14)12-25-13-20(22)21-15(2)17-6-7-18-19(11-17)24-9-8-23-18/h3-7,10-11,15H,8-9,12-13H2,1-2H3,(H,21,22)/t15-/m0/s1. The maximum Gasteiger partial charge on any atom is 0.230 e.